The Bertz CT molecular complexity index is 956. The third-order valence-electron chi connectivity index (χ3n) is 4.95. The molecule has 1 aliphatic heterocycles. The Morgan fingerprint density at radius 1 is 0.857 bits per heavy atom. The van der Waals surface area contributed by atoms with Gasteiger partial charge in [-0.1, -0.05) is 18.2 Å². The van der Waals surface area contributed by atoms with Crippen molar-refractivity contribution in [2.75, 3.05) is 13.1 Å². The van der Waals surface area contributed by atoms with E-state index in [0.29, 0.717) is 11.1 Å². The van der Waals surface area contributed by atoms with Crippen LogP contribution in [0.5, 0.6) is 0 Å². The number of hydrogen-bond acceptors (Lipinski definition) is 3. The molecule has 0 atom stereocenters. The zero-order valence-corrected chi connectivity index (χ0v) is 15.6. The Morgan fingerprint density at radius 2 is 1.57 bits per heavy atom. The predicted octanol–water partition coefficient (Wildman–Crippen LogP) is 4.07. The van der Waals surface area contributed by atoms with E-state index < -0.39 is 0 Å². The lowest BCUT2D eigenvalue weighted by atomic mass is 10.1. The van der Waals surface area contributed by atoms with Crippen molar-refractivity contribution in [3.8, 4) is 5.69 Å². The van der Waals surface area contributed by atoms with Crippen LogP contribution >= 0.6 is 0 Å². The van der Waals surface area contributed by atoms with E-state index in [0.717, 1.165) is 37.2 Å². The highest BCUT2D eigenvalue weighted by Crippen LogP contribution is 2.15. The molecule has 4 rings (SSSR count). The summed E-state index contributed by atoms with van der Waals surface area (Å²) in [5.74, 6) is -0.297. The minimum atomic E-state index is -0.369. The maximum Gasteiger partial charge on any atom is 0.338 e. The third-order valence-corrected chi connectivity index (χ3v) is 4.95. The summed E-state index contributed by atoms with van der Waals surface area (Å²) in [5.41, 5.74) is 2.94. The molecule has 0 unspecified atom stereocenters. The molecule has 2 heterocycles. The molecule has 1 aromatic heterocycles. The second kappa shape index (κ2) is 8.13. The number of aromatic nitrogens is 1. The highest BCUT2D eigenvalue weighted by atomic mass is 16.5. The minimum absolute atomic E-state index is 0.0721. The third kappa shape index (κ3) is 3.98. The first-order valence-corrected chi connectivity index (χ1v) is 9.49. The maximum absolute atomic E-state index is 12.4. The van der Waals surface area contributed by atoms with Crippen LogP contribution in [-0.2, 0) is 11.3 Å². The van der Waals surface area contributed by atoms with Gasteiger partial charge in [-0.05, 0) is 60.9 Å². The lowest BCUT2D eigenvalue weighted by Gasteiger charge is -2.15. The SMILES string of the molecule is O=C(OCc1ccc(C(=O)N2CCCC2)cc1)c1cccc(-n2cccc2)c1. The summed E-state index contributed by atoms with van der Waals surface area (Å²) in [6.45, 7) is 1.84. The molecular formula is C23H22N2O3. The lowest BCUT2D eigenvalue weighted by molar-refractivity contribution is 0.0472. The van der Waals surface area contributed by atoms with E-state index in [-0.39, 0.29) is 18.5 Å². The summed E-state index contributed by atoms with van der Waals surface area (Å²) >= 11 is 0. The maximum atomic E-state index is 12.4. The molecule has 3 aromatic rings. The summed E-state index contributed by atoms with van der Waals surface area (Å²) in [6, 6.07) is 18.5. The zero-order valence-electron chi connectivity index (χ0n) is 15.6. The van der Waals surface area contributed by atoms with Crippen LogP contribution in [0.3, 0.4) is 0 Å². The number of carbonyl (C=O) groups is 2. The highest BCUT2D eigenvalue weighted by Gasteiger charge is 2.19. The van der Waals surface area contributed by atoms with E-state index in [4.69, 9.17) is 4.74 Å². The fraction of sp³-hybridized carbons (Fsp3) is 0.217. The number of rotatable bonds is 5. The molecule has 0 radical (unpaired) electrons. The van der Waals surface area contributed by atoms with Gasteiger partial charge in [-0.3, -0.25) is 4.79 Å². The number of likely N-dealkylation sites (tertiary alicyclic amines) is 1. The first-order valence-electron chi connectivity index (χ1n) is 9.49. The van der Waals surface area contributed by atoms with Gasteiger partial charge in [0, 0.05) is 36.7 Å². The van der Waals surface area contributed by atoms with Gasteiger partial charge in [0.05, 0.1) is 5.56 Å². The largest absolute Gasteiger partial charge is 0.457 e. The van der Waals surface area contributed by atoms with Gasteiger partial charge in [-0.2, -0.15) is 0 Å². The van der Waals surface area contributed by atoms with Crippen LogP contribution in [0, 0.1) is 0 Å². The Morgan fingerprint density at radius 3 is 2.29 bits per heavy atom. The van der Waals surface area contributed by atoms with Crippen molar-refractivity contribution in [1.82, 2.24) is 9.47 Å². The molecule has 142 valence electrons. The summed E-state index contributed by atoms with van der Waals surface area (Å²) in [5, 5.41) is 0. The number of carbonyl (C=O) groups excluding carboxylic acids is 2. The van der Waals surface area contributed by atoms with Gasteiger partial charge < -0.3 is 14.2 Å². The number of ether oxygens (including phenoxy) is 1. The van der Waals surface area contributed by atoms with Crippen molar-refractivity contribution < 1.29 is 14.3 Å². The van der Waals surface area contributed by atoms with Gasteiger partial charge in [-0.15, -0.1) is 0 Å². The normalized spacial score (nSPS) is 13.5. The average Bonchev–Trinajstić information content (AvgIpc) is 3.46. The average molecular weight is 374 g/mol. The summed E-state index contributed by atoms with van der Waals surface area (Å²) in [4.78, 5) is 26.7. The van der Waals surface area contributed by atoms with Crippen LogP contribution in [0.1, 0.15) is 39.1 Å². The van der Waals surface area contributed by atoms with Gasteiger partial charge in [0.2, 0.25) is 0 Å². The molecule has 0 saturated carbocycles. The molecular weight excluding hydrogens is 352 g/mol. The molecule has 5 heteroatoms. The van der Waals surface area contributed by atoms with Crippen molar-refractivity contribution in [1.29, 1.82) is 0 Å². The first kappa shape index (κ1) is 18.0. The standard InChI is InChI=1S/C23H22N2O3/c26-22(25-14-3-4-15-25)19-10-8-18(9-11-19)17-28-23(27)20-6-5-7-21(16-20)24-12-1-2-13-24/h1-2,5-13,16H,3-4,14-15,17H2. The molecule has 1 amide bonds. The van der Waals surface area contributed by atoms with E-state index in [2.05, 4.69) is 0 Å². The van der Waals surface area contributed by atoms with Gasteiger partial charge in [-0.25, -0.2) is 4.79 Å². The second-order valence-electron chi connectivity index (χ2n) is 6.91. The topological polar surface area (TPSA) is 51.5 Å². The first-order chi connectivity index (χ1) is 13.7. The Labute approximate surface area is 164 Å². The van der Waals surface area contributed by atoms with Crippen molar-refractivity contribution >= 4 is 11.9 Å². The molecule has 2 aromatic carbocycles. The molecule has 0 bridgehead atoms. The molecule has 1 fully saturated rings. The van der Waals surface area contributed by atoms with Gasteiger partial charge in [0.1, 0.15) is 6.61 Å². The molecule has 1 saturated heterocycles. The predicted molar refractivity (Wildman–Crippen MR) is 106 cm³/mol. The quantitative estimate of drug-likeness (QED) is 0.633. The molecule has 1 aliphatic rings. The van der Waals surface area contributed by atoms with Crippen LogP contribution in [0.2, 0.25) is 0 Å². The van der Waals surface area contributed by atoms with E-state index in [9.17, 15) is 9.59 Å². The summed E-state index contributed by atoms with van der Waals surface area (Å²) in [6.07, 6.45) is 6.00. The fourth-order valence-electron chi connectivity index (χ4n) is 3.38. The van der Waals surface area contributed by atoms with Crippen LogP contribution in [0.25, 0.3) is 5.69 Å². The Balaban J connectivity index is 1.37. The second-order valence-corrected chi connectivity index (χ2v) is 6.91. The number of amides is 1. The van der Waals surface area contributed by atoms with Crippen molar-refractivity contribution in [2.45, 2.75) is 19.4 Å². The highest BCUT2D eigenvalue weighted by molar-refractivity contribution is 5.94. The number of nitrogens with zero attached hydrogens (tertiary/aromatic N) is 2. The zero-order chi connectivity index (χ0) is 19.3. The van der Waals surface area contributed by atoms with Crippen LogP contribution in [0.4, 0.5) is 0 Å². The van der Waals surface area contributed by atoms with Gasteiger partial charge in [0.15, 0.2) is 0 Å². The smallest absolute Gasteiger partial charge is 0.338 e. The number of esters is 1. The van der Waals surface area contributed by atoms with E-state index in [1.807, 2.05) is 58.3 Å². The number of benzene rings is 2. The molecule has 0 aliphatic carbocycles. The number of hydrogen-bond donors (Lipinski definition) is 0. The van der Waals surface area contributed by atoms with Gasteiger partial charge in [0.25, 0.3) is 5.91 Å². The van der Waals surface area contributed by atoms with Crippen molar-refractivity contribution in [3.63, 3.8) is 0 Å². The summed E-state index contributed by atoms with van der Waals surface area (Å²) in [7, 11) is 0. The molecule has 5 nitrogen and oxygen atoms in total. The van der Waals surface area contributed by atoms with Crippen LogP contribution in [0.15, 0.2) is 73.1 Å². The van der Waals surface area contributed by atoms with E-state index in [1.54, 1.807) is 24.3 Å². The lowest BCUT2D eigenvalue weighted by Crippen LogP contribution is -2.27. The molecule has 0 spiro atoms. The van der Waals surface area contributed by atoms with Gasteiger partial charge >= 0.3 is 5.97 Å². The Hall–Kier alpha value is -3.34. The summed E-state index contributed by atoms with van der Waals surface area (Å²) < 4.78 is 7.38. The van der Waals surface area contributed by atoms with E-state index in [1.165, 1.54) is 0 Å². The van der Waals surface area contributed by atoms with E-state index >= 15 is 0 Å². The monoisotopic (exact) mass is 374 g/mol. The van der Waals surface area contributed by atoms with Crippen LogP contribution in [-0.4, -0.2) is 34.4 Å². The fourth-order valence-corrected chi connectivity index (χ4v) is 3.38. The van der Waals surface area contributed by atoms with Crippen LogP contribution < -0.4 is 0 Å². The minimum Gasteiger partial charge on any atom is -0.457 e. The van der Waals surface area contributed by atoms with Crippen molar-refractivity contribution in [3.05, 3.63) is 89.7 Å². The Kier molecular flexibility index (Phi) is 5.24. The molecule has 0 N–H and O–H groups in total. The molecule has 28 heavy (non-hydrogen) atoms. The van der Waals surface area contributed by atoms with Crippen molar-refractivity contribution in [2.24, 2.45) is 0 Å².